The molecule has 3 rings (SSSR count). The molecule has 0 N–H and O–H groups in total. The van der Waals surface area contributed by atoms with E-state index in [2.05, 4.69) is 36.3 Å². The fraction of sp³-hybridized carbons (Fsp3) is 0.188. The van der Waals surface area contributed by atoms with E-state index in [1.807, 2.05) is 36.4 Å². The highest BCUT2D eigenvalue weighted by Crippen LogP contribution is 2.34. The molecule has 0 spiro atoms. The van der Waals surface area contributed by atoms with Crippen LogP contribution in [0.25, 0.3) is 0 Å². The van der Waals surface area contributed by atoms with Gasteiger partial charge >= 0.3 is 0 Å². The average Bonchev–Trinajstić information content (AvgIpc) is 2.83. The van der Waals surface area contributed by atoms with Gasteiger partial charge in [-0.1, -0.05) is 72.7 Å². The van der Waals surface area contributed by atoms with Gasteiger partial charge in [0.05, 0.1) is 5.71 Å². The number of rotatable bonds is 2. The van der Waals surface area contributed by atoms with Crippen molar-refractivity contribution < 1.29 is 4.84 Å². The topological polar surface area (TPSA) is 21.6 Å². The summed E-state index contributed by atoms with van der Waals surface area (Å²) >= 11 is 0. The Morgan fingerprint density at radius 1 is 0.889 bits per heavy atom. The molecule has 18 heavy (non-hydrogen) atoms. The van der Waals surface area contributed by atoms with Gasteiger partial charge in [0, 0.05) is 5.92 Å². The summed E-state index contributed by atoms with van der Waals surface area (Å²) in [7, 11) is 0. The lowest BCUT2D eigenvalue weighted by molar-refractivity contribution is 0.0653. The summed E-state index contributed by atoms with van der Waals surface area (Å²) < 4.78 is 0. The van der Waals surface area contributed by atoms with Crippen molar-refractivity contribution in [3.8, 4) is 0 Å². The maximum Gasteiger partial charge on any atom is 0.160 e. The van der Waals surface area contributed by atoms with Gasteiger partial charge in [0.2, 0.25) is 0 Å². The molecular formula is C16H15NO. The Labute approximate surface area is 107 Å². The first kappa shape index (κ1) is 11.0. The van der Waals surface area contributed by atoms with Crippen molar-refractivity contribution in [1.29, 1.82) is 0 Å². The number of hydrogen-bond acceptors (Lipinski definition) is 2. The van der Waals surface area contributed by atoms with E-state index in [-0.39, 0.29) is 12.0 Å². The molecule has 0 amide bonds. The van der Waals surface area contributed by atoms with E-state index < -0.39 is 0 Å². The van der Waals surface area contributed by atoms with E-state index in [0.717, 1.165) is 11.3 Å². The monoisotopic (exact) mass is 237 g/mol. The lowest BCUT2D eigenvalue weighted by Gasteiger charge is -2.14. The van der Waals surface area contributed by atoms with Crippen molar-refractivity contribution in [1.82, 2.24) is 0 Å². The number of benzene rings is 2. The van der Waals surface area contributed by atoms with Gasteiger partial charge in [0.25, 0.3) is 0 Å². The first-order chi connectivity index (χ1) is 8.86. The van der Waals surface area contributed by atoms with Crippen LogP contribution in [0.1, 0.15) is 24.2 Å². The molecule has 2 aromatic rings. The van der Waals surface area contributed by atoms with Gasteiger partial charge in [-0.15, -0.1) is 0 Å². The van der Waals surface area contributed by atoms with Crippen molar-refractivity contribution >= 4 is 5.71 Å². The Bertz CT molecular complexity index is 548. The molecule has 0 saturated carbocycles. The van der Waals surface area contributed by atoms with Crippen LogP contribution in [0.15, 0.2) is 65.8 Å². The summed E-state index contributed by atoms with van der Waals surface area (Å²) in [5.41, 5.74) is 3.35. The van der Waals surface area contributed by atoms with Crippen LogP contribution in [0.5, 0.6) is 0 Å². The van der Waals surface area contributed by atoms with E-state index in [4.69, 9.17) is 4.84 Å². The highest BCUT2D eigenvalue weighted by Gasteiger charge is 2.32. The third-order valence-corrected chi connectivity index (χ3v) is 3.35. The fourth-order valence-electron chi connectivity index (χ4n) is 2.35. The summed E-state index contributed by atoms with van der Waals surface area (Å²) in [6, 6.07) is 20.5. The van der Waals surface area contributed by atoms with E-state index in [1.165, 1.54) is 5.56 Å². The molecule has 0 unspecified atom stereocenters. The average molecular weight is 237 g/mol. The summed E-state index contributed by atoms with van der Waals surface area (Å²) in [6.07, 6.45) is 0.0291. The summed E-state index contributed by atoms with van der Waals surface area (Å²) in [5, 5.41) is 4.26. The van der Waals surface area contributed by atoms with Crippen LogP contribution in [0.3, 0.4) is 0 Å². The summed E-state index contributed by atoms with van der Waals surface area (Å²) in [6.45, 7) is 2.16. The van der Waals surface area contributed by atoms with Crippen molar-refractivity contribution in [3.63, 3.8) is 0 Å². The van der Waals surface area contributed by atoms with E-state index in [1.54, 1.807) is 0 Å². The van der Waals surface area contributed by atoms with Gasteiger partial charge in [-0.25, -0.2) is 0 Å². The highest BCUT2D eigenvalue weighted by molar-refractivity contribution is 6.02. The first-order valence-corrected chi connectivity index (χ1v) is 6.20. The highest BCUT2D eigenvalue weighted by atomic mass is 16.6. The van der Waals surface area contributed by atoms with Gasteiger partial charge in [-0.2, -0.15) is 0 Å². The van der Waals surface area contributed by atoms with Crippen LogP contribution in [-0.4, -0.2) is 5.71 Å². The third kappa shape index (κ3) is 1.90. The molecule has 0 saturated heterocycles. The summed E-state index contributed by atoms with van der Waals surface area (Å²) in [4.78, 5) is 5.61. The maximum atomic E-state index is 5.61. The Morgan fingerprint density at radius 3 is 2.17 bits per heavy atom. The van der Waals surface area contributed by atoms with Crippen molar-refractivity contribution in [3.05, 3.63) is 71.8 Å². The number of oxime groups is 1. The standard InChI is InChI=1S/C16H15NO/c1-12-15(13-8-4-2-5-9-13)17-18-16(12)14-10-6-3-7-11-14/h2-12,16H,1H3/t12-,16-/m0/s1. The van der Waals surface area contributed by atoms with Crippen LogP contribution in [-0.2, 0) is 4.84 Å². The molecule has 0 aliphatic carbocycles. The van der Waals surface area contributed by atoms with Crippen LogP contribution >= 0.6 is 0 Å². The van der Waals surface area contributed by atoms with Gasteiger partial charge in [-0.3, -0.25) is 0 Å². The zero-order valence-electron chi connectivity index (χ0n) is 10.3. The second-order valence-corrected chi connectivity index (χ2v) is 4.57. The lowest BCUT2D eigenvalue weighted by Crippen LogP contribution is -2.14. The predicted octanol–water partition coefficient (Wildman–Crippen LogP) is 3.80. The van der Waals surface area contributed by atoms with Gasteiger partial charge in [0.1, 0.15) is 0 Å². The van der Waals surface area contributed by atoms with Crippen LogP contribution in [0, 0.1) is 5.92 Å². The van der Waals surface area contributed by atoms with Crippen LogP contribution in [0.2, 0.25) is 0 Å². The molecule has 0 fully saturated rings. The van der Waals surface area contributed by atoms with Crippen molar-refractivity contribution in [2.75, 3.05) is 0 Å². The molecule has 2 atom stereocenters. The molecule has 1 heterocycles. The third-order valence-electron chi connectivity index (χ3n) is 3.35. The minimum absolute atomic E-state index is 0.0291. The number of hydrogen-bond donors (Lipinski definition) is 0. The predicted molar refractivity (Wildman–Crippen MR) is 72.4 cm³/mol. The molecule has 2 heteroatoms. The minimum atomic E-state index is 0.0291. The van der Waals surface area contributed by atoms with Crippen LogP contribution in [0.4, 0.5) is 0 Å². The van der Waals surface area contributed by atoms with E-state index in [0.29, 0.717) is 0 Å². The zero-order chi connectivity index (χ0) is 12.4. The minimum Gasteiger partial charge on any atom is -0.387 e. The van der Waals surface area contributed by atoms with E-state index >= 15 is 0 Å². The quantitative estimate of drug-likeness (QED) is 0.778. The maximum absolute atomic E-state index is 5.61. The van der Waals surface area contributed by atoms with Gasteiger partial charge in [-0.05, 0) is 11.1 Å². The molecule has 2 aromatic carbocycles. The van der Waals surface area contributed by atoms with Crippen molar-refractivity contribution in [2.24, 2.45) is 11.1 Å². The Hall–Kier alpha value is -2.09. The first-order valence-electron chi connectivity index (χ1n) is 6.20. The fourth-order valence-corrected chi connectivity index (χ4v) is 2.35. The Kier molecular flexibility index (Phi) is 2.85. The summed E-state index contributed by atoms with van der Waals surface area (Å²) in [5.74, 6) is 0.273. The van der Waals surface area contributed by atoms with E-state index in [9.17, 15) is 0 Å². The zero-order valence-corrected chi connectivity index (χ0v) is 10.3. The molecular weight excluding hydrogens is 222 g/mol. The van der Waals surface area contributed by atoms with Crippen LogP contribution < -0.4 is 0 Å². The molecule has 90 valence electrons. The molecule has 2 nitrogen and oxygen atoms in total. The molecule has 1 aliphatic heterocycles. The van der Waals surface area contributed by atoms with Gasteiger partial charge in [0.15, 0.2) is 6.10 Å². The SMILES string of the molecule is C[C@H]1C(c2ccccc2)=NO[C@@H]1c1ccccc1. The van der Waals surface area contributed by atoms with Crippen molar-refractivity contribution in [2.45, 2.75) is 13.0 Å². The molecule has 0 radical (unpaired) electrons. The Morgan fingerprint density at radius 2 is 1.50 bits per heavy atom. The smallest absolute Gasteiger partial charge is 0.160 e. The largest absolute Gasteiger partial charge is 0.387 e. The molecule has 1 aliphatic rings. The second kappa shape index (κ2) is 4.65. The molecule has 0 bridgehead atoms. The normalized spacial score (nSPS) is 22.4. The van der Waals surface area contributed by atoms with Gasteiger partial charge < -0.3 is 4.84 Å². The lowest BCUT2D eigenvalue weighted by atomic mass is 9.90. The number of nitrogens with zero attached hydrogens (tertiary/aromatic N) is 1. The molecule has 0 aromatic heterocycles. The Balaban J connectivity index is 1.87. The second-order valence-electron chi connectivity index (χ2n) is 4.57.